The van der Waals surface area contributed by atoms with Crippen LogP contribution in [0.25, 0.3) is 0 Å². The summed E-state index contributed by atoms with van der Waals surface area (Å²) in [5, 5.41) is 4.97. The van der Waals surface area contributed by atoms with Crippen molar-refractivity contribution in [3.63, 3.8) is 0 Å². The Balaban J connectivity index is 0.00000533. The van der Waals surface area contributed by atoms with Gasteiger partial charge in [-0.2, -0.15) is 4.57 Å². The van der Waals surface area contributed by atoms with Gasteiger partial charge >= 0.3 is 0 Å². The normalized spacial score (nSPS) is 10.7. The average molecular weight is 620 g/mol. The molecule has 39 heavy (non-hydrogen) atoms. The van der Waals surface area contributed by atoms with Gasteiger partial charge in [0.1, 0.15) is 0 Å². The molecule has 0 saturated carbocycles. The molecule has 0 radical (unpaired) electrons. The topological polar surface area (TPSA) is 42.2 Å². The molecular formula is C32H44BrFN2O2S. The molecule has 0 aliphatic carbocycles. The number of halogens is 2. The number of para-hydroxylation sites is 1. The van der Waals surface area contributed by atoms with Crippen molar-refractivity contribution in [3.8, 4) is 5.75 Å². The smallest absolute Gasteiger partial charge is 0.256 e. The number of carbonyl (C=O) groups excluding carboxylic acids is 1. The van der Waals surface area contributed by atoms with Gasteiger partial charge in [-0.1, -0.05) is 113 Å². The minimum Gasteiger partial charge on any atom is -1.00 e. The number of nitrogens with zero attached hydrogens (tertiary/aromatic N) is 1. The van der Waals surface area contributed by atoms with Crippen LogP contribution in [0.3, 0.4) is 0 Å². The molecule has 0 aliphatic heterocycles. The molecule has 214 valence electrons. The molecule has 0 saturated heterocycles. The summed E-state index contributed by atoms with van der Waals surface area (Å²) in [4.78, 5) is 13.2. The number of unbranched alkanes of at least 4 members (excludes halogenated alkanes) is 11. The zero-order chi connectivity index (χ0) is 27.0. The summed E-state index contributed by atoms with van der Waals surface area (Å²) in [6.07, 6.45) is 15.1. The van der Waals surface area contributed by atoms with Gasteiger partial charge < -0.3 is 27.0 Å². The van der Waals surface area contributed by atoms with Gasteiger partial charge in [-0.05, 0) is 24.6 Å². The minimum absolute atomic E-state index is 0. The minimum atomic E-state index is -0.459. The maximum absolute atomic E-state index is 14.6. The van der Waals surface area contributed by atoms with Crippen molar-refractivity contribution >= 4 is 22.9 Å². The second-order valence-corrected chi connectivity index (χ2v) is 10.8. The fourth-order valence-electron chi connectivity index (χ4n) is 4.64. The number of carbonyl (C=O) groups is 1. The van der Waals surface area contributed by atoms with Crippen molar-refractivity contribution in [2.45, 2.75) is 97.4 Å². The summed E-state index contributed by atoms with van der Waals surface area (Å²) in [7, 11) is 0. The van der Waals surface area contributed by atoms with Crippen molar-refractivity contribution < 1.29 is 35.5 Å². The molecule has 1 amide bonds. The van der Waals surface area contributed by atoms with Crippen molar-refractivity contribution in [3.05, 3.63) is 76.0 Å². The van der Waals surface area contributed by atoms with E-state index in [2.05, 4.69) is 22.2 Å². The Morgan fingerprint density at radius 3 is 2.18 bits per heavy atom. The molecule has 1 aromatic heterocycles. The molecule has 0 bridgehead atoms. The van der Waals surface area contributed by atoms with Gasteiger partial charge in [0, 0.05) is 18.1 Å². The Morgan fingerprint density at radius 1 is 0.897 bits per heavy atom. The second kappa shape index (κ2) is 18.9. The van der Waals surface area contributed by atoms with E-state index in [1.807, 2.05) is 30.6 Å². The lowest BCUT2D eigenvalue weighted by atomic mass is 10.1. The van der Waals surface area contributed by atoms with Gasteiger partial charge in [-0.3, -0.25) is 4.79 Å². The fraction of sp³-hybridized carbons (Fsp3) is 0.500. The number of ether oxygens (including phenoxy) is 1. The number of nitrogens with one attached hydrogen (secondary N) is 1. The van der Waals surface area contributed by atoms with Gasteiger partial charge in [-0.15, -0.1) is 0 Å². The molecule has 3 rings (SSSR count). The highest BCUT2D eigenvalue weighted by atomic mass is 79.9. The summed E-state index contributed by atoms with van der Waals surface area (Å²) in [5.41, 5.74) is 5.03. The number of anilines is 1. The van der Waals surface area contributed by atoms with Crippen LogP contribution in [0.4, 0.5) is 10.1 Å². The van der Waals surface area contributed by atoms with E-state index in [9.17, 15) is 9.18 Å². The molecule has 0 spiro atoms. The molecule has 0 aliphatic rings. The third-order valence-corrected chi connectivity index (χ3v) is 7.80. The Morgan fingerprint density at radius 2 is 1.54 bits per heavy atom. The third kappa shape index (κ3) is 11.4. The molecule has 0 fully saturated rings. The SMILES string of the molecule is CCCCCCCCCCCCCCOc1c(F)cccc1NC(=O)c1ccccc1C[n+]1cscc1C.[Br-]. The van der Waals surface area contributed by atoms with E-state index >= 15 is 0 Å². The highest BCUT2D eigenvalue weighted by Gasteiger charge is 2.18. The highest BCUT2D eigenvalue weighted by molar-refractivity contribution is 7.07. The Kier molecular flexibility index (Phi) is 16.0. The summed E-state index contributed by atoms with van der Waals surface area (Å²) >= 11 is 1.63. The second-order valence-electron chi connectivity index (χ2n) is 10.1. The molecule has 1 N–H and O–H groups in total. The Bertz CT molecular complexity index is 1120. The zero-order valence-corrected chi connectivity index (χ0v) is 25.9. The molecule has 2 aromatic carbocycles. The van der Waals surface area contributed by atoms with Crippen molar-refractivity contribution in [1.29, 1.82) is 0 Å². The zero-order valence-electron chi connectivity index (χ0n) is 23.5. The van der Waals surface area contributed by atoms with Crippen LogP contribution in [0.15, 0.2) is 53.4 Å². The molecular weight excluding hydrogens is 575 g/mol. The first-order chi connectivity index (χ1) is 18.6. The van der Waals surface area contributed by atoms with E-state index in [1.165, 1.54) is 70.3 Å². The first-order valence-corrected chi connectivity index (χ1v) is 15.3. The number of hydrogen-bond donors (Lipinski definition) is 1. The predicted octanol–water partition coefficient (Wildman–Crippen LogP) is 5.87. The molecule has 7 heteroatoms. The van der Waals surface area contributed by atoms with Crippen molar-refractivity contribution in [1.82, 2.24) is 0 Å². The predicted molar refractivity (Wildman–Crippen MR) is 156 cm³/mol. The maximum Gasteiger partial charge on any atom is 0.256 e. The Labute approximate surface area is 248 Å². The number of thiazole rings is 1. The number of amides is 1. The first-order valence-electron chi connectivity index (χ1n) is 14.3. The monoisotopic (exact) mass is 618 g/mol. The van der Waals surface area contributed by atoms with E-state index in [0.29, 0.717) is 24.4 Å². The van der Waals surface area contributed by atoms with E-state index < -0.39 is 5.82 Å². The van der Waals surface area contributed by atoms with Gasteiger partial charge in [0.15, 0.2) is 23.8 Å². The quantitative estimate of drug-likeness (QED) is 0.143. The summed E-state index contributed by atoms with van der Waals surface area (Å²) < 4.78 is 22.6. The van der Waals surface area contributed by atoms with Crippen LogP contribution in [0, 0.1) is 12.7 Å². The molecule has 4 nitrogen and oxygen atoms in total. The van der Waals surface area contributed by atoms with Crippen LogP contribution < -0.4 is 31.6 Å². The highest BCUT2D eigenvalue weighted by Crippen LogP contribution is 2.29. The molecule has 1 heterocycles. The van der Waals surface area contributed by atoms with Crippen LogP contribution in [0.2, 0.25) is 0 Å². The number of aromatic nitrogens is 1. The van der Waals surface area contributed by atoms with E-state index in [-0.39, 0.29) is 28.6 Å². The third-order valence-electron chi connectivity index (χ3n) is 6.94. The molecule has 0 atom stereocenters. The van der Waals surface area contributed by atoms with Crippen LogP contribution >= 0.6 is 11.3 Å². The van der Waals surface area contributed by atoms with Crippen molar-refractivity contribution in [2.75, 3.05) is 11.9 Å². The number of hydrogen-bond acceptors (Lipinski definition) is 3. The standard InChI is InChI=1S/C32H43FN2O2S.BrH/c1-3-4-5-6-7-8-9-10-11-12-13-16-22-37-31-29(33)20-17-21-30(31)34-32(36)28-19-15-14-18-27(28)23-35-25-38-24-26(35)2;/h14-15,17-21,24-25H,3-13,16,22-23H2,1-2H3;1H. The van der Waals surface area contributed by atoms with Crippen LogP contribution in [-0.2, 0) is 6.54 Å². The summed E-state index contributed by atoms with van der Waals surface area (Å²) in [6, 6.07) is 12.2. The number of benzene rings is 2. The van der Waals surface area contributed by atoms with Crippen LogP contribution in [0.5, 0.6) is 5.75 Å². The largest absolute Gasteiger partial charge is 1.00 e. The van der Waals surface area contributed by atoms with Gasteiger partial charge in [-0.25, -0.2) is 4.39 Å². The first kappa shape index (κ1) is 33.0. The lowest BCUT2D eigenvalue weighted by Gasteiger charge is -2.14. The van der Waals surface area contributed by atoms with E-state index in [0.717, 1.165) is 24.1 Å². The summed E-state index contributed by atoms with van der Waals surface area (Å²) in [5.74, 6) is -0.612. The average Bonchev–Trinajstić information content (AvgIpc) is 3.32. The van der Waals surface area contributed by atoms with Gasteiger partial charge in [0.25, 0.3) is 5.91 Å². The van der Waals surface area contributed by atoms with E-state index in [1.54, 1.807) is 29.5 Å². The summed E-state index contributed by atoms with van der Waals surface area (Å²) in [6.45, 7) is 5.34. The van der Waals surface area contributed by atoms with Crippen LogP contribution in [0.1, 0.15) is 106 Å². The van der Waals surface area contributed by atoms with Crippen molar-refractivity contribution in [2.24, 2.45) is 0 Å². The molecule has 0 unspecified atom stereocenters. The maximum atomic E-state index is 14.6. The lowest BCUT2D eigenvalue weighted by Crippen LogP contribution is -3.00. The van der Waals surface area contributed by atoms with Gasteiger partial charge in [0.2, 0.25) is 5.51 Å². The number of rotatable bonds is 18. The molecule has 3 aromatic rings. The fourth-order valence-corrected chi connectivity index (χ4v) is 5.42. The van der Waals surface area contributed by atoms with Gasteiger partial charge in [0.05, 0.1) is 17.7 Å². The number of aryl methyl sites for hydroxylation is 1. The van der Waals surface area contributed by atoms with E-state index in [4.69, 9.17) is 4.74 Å². The Hall–Kier alpha value is -2.25. The van der Waals surface area contributed by atoms with Crippen LogP contribution in [-0.4, -0.2) is 12.5 Å². The lowest BCUT2D eigenvalue weighted by molar-refractivity contribution is -0.689.